The van der Waals surface area contributed by atoms with Crippen LogP contribution in [0.4, 0.5) is 26.1 Å². The van der Waals surface area contributed by atoms with E-state index in [4.69, 9.17) is 0 Å². The standard InChI is InChI=1S/C27H31F2N9O2S/c1-37-11-9-22(36-37)21-15-32-25(12-23(21)31-13-17-2-4-18(5-3-17)26(28)29)34-24-8-10-30-27(35-24)19-14-33-38(16-19)41(39,40)20-6-7-20/h8-12,14-18,20,26H,2-7,13H2,1H3,(H2,30,31,32,34,35). The number of rotatable bonds is 10. The van der Waals surface area contributed by atoms with Crippen LogP contribution in [-0.2, 0) is 17.1 Å². The molecule has 0 atom stereocenters. The Bertz CT molecular complexity index is 1630. The molecule has 0 aromatic carbocycles. The third-order valence-corrected chi connectivity index (χ3v) is 9.69. The fourth-order valence-electron chi connectivity index (χ4n) is 5.11. The number of halogens is 2. The monoisotopic (exact) mass is 583 g/mol. The molecule has 14 heteroatoms. The van der Waals surface area contributed by atoms with Gasteiger partial charge in [0, 0.05) is 55.4 Å². The van der Waals surface area contributed by atoms with Crippen molar-refractivity contribution in [3.05, 3.63) is 49.2 Å². The molecule has 4 aromatic heterocycles. The molecule has 2 saturated carbocycles. The average Bonchev–Trinajstić information content (AvgIpc) is 3.56. The number of hydrogen-bond acceptors (Lipinski definition) is 9. The van der Waals surface area contributed by atoms with E-state index in [0.29, 0.717) is 61.2 Å². The summed E-state index contributed by atoms with van der Waals surface area (Å²) in [6.45, 7) is 0.657. The van der Waals surface area contributed by atoms with Gasteiger partial charge in [0.1, 0.15) is 11.6 Å². The molecule has 41 heavy (non-hydrogen) atoms. The van der Waals surface area contributed by atoms with Crippen LogP contribution >= 0.6 is 0 Å². The highest BCUT2D eigenvalue weighted by Gasteiger charge is 2.37. The Morgan fingerprint density at radius 3 is 2.56 bits per heavy atom. The Labute approximate surface area is 236 Å². The second-order valence-electron chi connectivity index (χ2n) is 10.7. The van der Waals surface area contributed by atoms with E-state index in [1.165, 1.54) is 12.4 Å². The van der Waals surface area contributed by atoms with Crippen molar-refractivity contribution in [3.8, 4) is 22.6 Å². The molecule has 11 nitrogen and oxygen atoms in total. The third-order valence-electron chi connectivity index (χ3n) is 7.66. The molecular formula is C27H31F2N9O2S. The van der Waals surface area contributed by atoms with Gasteiger partial charge in [-0.15, -0.1) is 0 Å². The molecule has 2 aliphatic carbocycles. The minimum Gasteiger partial charge on any atom is -0.384 e. The molecule has 6 rings (SSSR count). The van der Waals surface area contributed by atoms with E-state index in [1.807, 2.05) is 25.4 Å². The Morgan fingerprint density at radius 1 is 1.05 bits per heavy atom. The summed E-state index contributed by atoms with van der Waals surface area (Å²) < 4.78 is 53.9. The van der Waals surface area contributed by atoms with Crippen molar-refractivity contribution in [2.75, 3.05) is 17.2 Å². The van der Waals surface area contributed by atoms with Crippen molar-refractivity contribution in [3.63, 3.8) is 0 Å². The molecule has 0 spiro atoms. The number of aromatic nitrogens is 7. The van der Waals surface area contributed by atoms with Crippen LogP contribution in [0.15, 0.2) is 49.2 Å². The van der Waals surface area contributed by atoms with Gasteiger partial charge in [-0.25, -0.2) is 32.2 Å². The predicted octanol–water partition coefficient (Wildman–Crippen LogP) is 4.70. The Balaban J connectivity index is 1.20. The molecule has 0 amide bonds. The molecule has 2 aliphatic rings. The van der Waals surface area contributed by atoms with E-state index in [1.54, 1.807) is 23.1 Å². The molecule has 0 bridgehead atoms. The molecule has 2 fully saturated rings. The lowest BCUT2D eigenvalue weighted by molar-refractivity contribution is 0.0478. The Morgan fingerprint density at radius 2 is 1.85 bits per heavy atom. The lowest BCUT2D eigenvalue weighted by Gasteiger charge is -2.28. The average molecular weight is 584 g/mol. The van der Waals surface area contributed by atoms with Crippen molar-refractivity contribution in [1.82, 2.24) is 33.9 Å². The van der Waals surface area contributed by atoms with E-state index < -0.39 is 22.4 Å². The second kappa shape index (κ2) is 11.1. The first-order valence-electron chi connectivity index (χ1n) is 13.7. The molecule has 4 aromatic rings. The SMILES string of the molecule is Cn1ccc(-c2cnc(Nc3ccnc(-c4cnn(S(=O)(=O)C5CC5)c4)n3)cc2NCC2CCC(C(F)F)CC2)n1. The first-order chi connectivity index (χ1) is 19.8. The van der Waals surface area contributed by atoms with E-state index in [0.717, 1.165) is 33.9 Å². The maximum atomic E-state index is 13.1. The zero-order valence-electron chi connectivity index (χ0n) is 22.5. The second-order valence-corrected chi connectivity index (χ2v) is 12.8. The summed E-state index contributed by atoms with van der Waals surface area (Å²) >= 11 is 0. The fraction of sp³-hybridized carbons (Fsp3) is 0.444. The van der Waals surface area contributed by atoms with Crippen molar-refractivity contribution in [2.45, 2.75) is 50.2 Å². The molecule has 0 aliphatic heterocycles. The molecule has 4 heterocycles. The zero-order chi connectivity index (χ0) is 28.6. The summed E-state index contributed by atoms with van der Waals surface area (Å²) in [5, 5.41) is 14.9. The van der Waals surface area contributed by atoms with Crippen LogP contribution in [0.25, 0.3) is 22.6 Å². The van der Waals surface area contributed by atoms with Crippen molar-refractivity contribution in [1.29, 1.82) is 0 Å². The van der Waals surface area contributed by atoms with Gasteiger partial charge in [-0.1, -0.05) is 0 Å². The summed E-state index contributed by atoms with van der Waals surface area (Å²) in [6, 6.07) is 5.47. The van der Waals surface area contributed by atoms with Crippen LogP contribution in [0.1, 0.15) is 38.5 Å². The van der Waals surface area contributed by atoms with Crippen LogP contribution in [0.2, 0.25) is 0 Å². The van der Waals surface area contributed by atoms with E-state index in [9.17, 15) is 17.2 Å². The molecule has 0 radical (unpaired) electrons. The largest absolute Gasteiger partial charge is 0.384 e. The number of alkyl halides is 2. The van der Waals surface area contributed by atoms with Crippen molar-refractivity contribution < 1.29 is 17.2 Å². The van der Waals surface area contributed by atoms with Gasteiger partial charge in [0.05, 0.1) is 28.9 Å². The first-order valence-corrected chi connectivity index (χ1v) is 15.2. The van der Waals surface area contributed by atoms with Gasteiger partial charge < -0.3 is 10.6 Å². The lowest BCUT2D eigenvalue weighted by Crippen LogP contribution is -2.24. The highest BCUT2D eigenvalue weighted by Crippen LogP contribution is 2.35. The molecule has 2 N–H and O–H groups in total. The summed E-state index contributed by atoms with van der Waals surface area (Å²) in [4.78, 5) is 13.4. The highest BCUT2D eigenvalue weighted by atomic mass is 32.2. The van der Waals surface area contributed by atoms with Gasteiger partial charge in [0.25, 0.3) is 10.0 Å². The maximum Gasteiger partial charge on any atom is 0.256 e. The zero-order valence-corrected chi connectivity index (χ0v) is 23.3. The van der Waals surface area contributed by atoms with E-state index in [-0.39, 0.29) is 5.25 Å². The number of aryl methyl sites for hydroxylation is 1. The quantitative estimate of drug-likeness (QED) is 0.273. The van der Waals surface area contributed by atoms with Gasteiger partial charge in [-0.3, -0.25) is 4.68 Å². The van der Waals surface area contributed by atoms with Crippen LogP contribution < -0.4 is 10.6 Å². The third kappa shape index (κ3) is 6.06. The fourth-order valence-corrected chi connectivity index (χ4v) is 6.58. The topological polar surface area (TPSA) is 133 Å². The predicted molar refractivity (Wildman–Crippen MR) is 150 cm³/mol. The van der Waals surface area contributed by atoms with E-state index in [2.05, 4.69) is 35.8 Å². The van der Waals surface area contributed by atoms with Crippen molar-refractivity contribution >= 4 is 27.3 Å². The molecule has 0 saturated heterocycles. The molecule has 0 unspecified atom stereocenters. The Hall–Kier alpha value is -3.94. The van der Waals surface area contributed by atoms with Crippen LogP contribution in [0.5, 0.6) is 0 Å². The van der Waals surface area contributed by atoms with Gasteiger partial charge >= 0.3 is 0 Å². The van der Waals surface area contributed by atoms with Crippen LogP contribution in [-0.4, -0.2) is 60.6 Å². The van der Waals surface area contributed by atoms with Gasteiger partial charge in [0.15, 0.2) is 5.82 Å². The number of nitrogens with zero attached hydrogens (tertiary/aromatic N) is 7. The smallest absolute Gasteiger partial charge is 0.256 e. The summed E-state index contributed by atoms with van der Waals surface area (Å²) in [5.41, 5.74) is 2.89. The summed E-state index contributed by atoms with van der Waals surface area (Å²) in [5.74, 6) is 1.14. The summed E-state index contributed by atoms with van der Waals surface area (Å²) in [7, 11) is -1.64. The number of anilines is 3. The van der Waals surface area contributed by atoms with Gasteiger partial charge in [0.2, 0.25) is 6.43 Å². The number of hydrogen-bond donors (Lipinski definition) is 2. The minimum atomic E-state index is -3.48. The first kappa shape index (κ1) is 27.2. The number of nitrogens with one attached hydrogen (secondary N) is 2. The molecular weight excluding hydrogens is 552 g/mol. The maximum absolute atomic E-state index is 13.1. The van der Waals surface area contributed by atoms with E-state index >= 15 is 0 Å². The molecule has 216 valence electrons. The lowest BCUT2D eigenvalue weighted by atomic mass is 9.82. The normalized spacial score (nSPS) is 19.4. The number of pyridine rings is 1. The van der Waals surface area contributed by atoms with Crippen LogP contribution in [0.3, 0.4) is 0 Å². The van der Waals surface area contributed by atoms with Gasteiger partial charge in [-0.2, -0.15) is 14.3 Å². The summed E-state index contributed by atoms with van der Waals surface area (Å²) in [6.07, 6.45) is 9.71. The minimum absolute atomic E-state index is 0.306. The van der Waals surface area contributed by atoms with Crippen molar-refractivity contribution in [2.24, 2.45) is 18.9 Å². The Kier molecular flexibility index (Phi) is 7.41. The van der Waals surface area contributed by atoms with Crippen LogP contribution in [0, 0.1) is 11.8 Å². The highest BCUT2D eigenvalue weighted by molar-refractivity contribution is 7.90. The van der Waals surface area contributed by atoms with Gasteiger partial charge in [-0.05, 0) is 56.6 Å².